The fraction of sp³-hybridized carbons (Fsp3) is 0.150. The van der Waals surface area contributed by atoms with Crippen molar-refractivity contribution in [2.24, 2.45) is 0 Å². The quantitative estimate of drug-likeness (QED) is 0.732. The molecule has 0 bridgehead atoms. The minimum atomic E-state index is -0.319. The molecule has 0 saturated heterocycles. The third-order valence-electron chi connectivity index (χ3n) is 3.92. The number of carbonyl (C=O) groups excluding carboxylic acids is 1. The number of halogens is 1. The number of hydrogen-bond acceptors (Lipinski definition) is 4. The molecule has 0 aliphatic rings. The van der Waals surface area contributed by atoms with E-state index in [0.717, 1.165) is 22.4 Å². The summed E-state index contributed by atoms with van der Waals surface area (Å²) in [5, 5.41) is 5.98. The second-order valence-electron chi connectivity index (χ2n) is 6.04. The van der Waals surface area contributed by atoms with Gasteiger partial charge in [-0.05, 0) is 48.7 Å². The van der Waals surface area contributed by atoms with Gasteiger partial charge in [-0.1, -0.05) is 24.3 Å². The molecule has 1 heterocycles. The van der Waals surface area contributed by atoms with Crippen LogP contribution in [-0.4, -0.2) is 15.9 Å². The Hall–Kier alpha value is -3.28. The highest BCUT2D eigenvalue weighted by molar-refractivity contribution is 5.92. The van der Waals surface area contributed by atoms with Crippen molar-refractivity contribution >= 4 is 17.4 Å². The predicted molar refractivity (Wildman–Crippen MR) is 98.8 cm³/mol. The lowest BCUT2D eigenvalue weighted by atomic mass is 10.1. The maximum Gasteiger partial charge on any atom is 0.270 e. The molecule has 132 valence electrons. The van der Waals surface area contributed by atoms with E-state index < -0.39 is 0 Å². The number of benzene rings is 2. The van der Waals surface area contributed by atoms with E-state index in [-0.39, 0.29) is 17.4 Å². The van der Waals surface area contributed by atoms with E-state index >= 15 is 0 Å². The summed E-state index contributed by atoms with van der Waals surface area (Å²) in [6.07, 6.45) is 1.35. The van der Waals surface area contributed by atoms with E-state index in [9.17, 15) is 9.18 Å². The average molecular weight is 350 g/mol. The number of aromatic nitrogens is 2. The minimum absolute atomic E-state index is 0.259. The van der Waals surface area contributed by atoms with Crippen molar-refractivity contribution < 1.29 is 9.18 Å². The molecule has 1 amide bonds. The monoisotopic (exact) mass is 350 g/mol. The predicted octanol–water partition coefficient (Wildman–Crippen LogP) is 3.91. The molecule has 26 heavy (non-hydrogen) atoms. The number of aryl methyl sites for hydroxylation is 2. The van der Waals surface area contributed by atoms with Gasteiger partial charge in [-0.25, -0.2) is 14.4 Å². The Morgan fingerprint density at radius 1 is 1.04 bits per heavy atom. The minimum Gasteiger partial charge on any atom is -0.347 e. The first-order valence-electron chi connectivity index (χ1n) is 8.20. The zero-order chi connectivity index (χ0) is 18.5. The van der Waals surface area contributed by atoms with Crippen molar-refractivity contribution in [3.63, 3.8) is 0 Å². The SMILES string of the molecule is Cc1ccc(C)c(Nc2cc(C(=O)NCc3ccc(F)cc3)ncn2)c1. The van der Waals surface area contributed by atoms with E-state index in [2.05, 4.69) is 20.6 Å². The average Bonchev–Trinajstić information content (AvgIpc) is 2.64. The first-order chi connectivity index (χ1) is 12.5. The topological polar surface area (TPSA) is 66.9 Å². The van der Waals surface area contributed by atoms with Crippen LogP contribution in [0.1, 0.15) is 27.2 Å². The van der Waals surface area contributed by atoms with Crippen molar-refractivity contribution in [1.82, 2.24) is 15.3 Å². The fourth-order valence-electron chi connectivity index (χ4n) is 2.43. The van der Waals surface area contributed by atoms with Crippen LogP contribution in [0, 0.1) is 19.7 Å². The van der Waals surface area contributed by atoms with Crippen molar-refractivity contribution in [3.8, 4) is 0 Å². The lowest BCUT2D eigenvalue weighted by molar-refractivity contribution is 0.0946. The fourth-order valence-corrected chi connectivity index (χ4v) is 2.43. The van der Waals surface area contributed by atoms with Crippen LogP contribution in [0.15, 0.2) is 54.9 Å². The maximum atomic E-state index is 12.9. The molecule has 5 nitrogen and oxygen atoms in total. The van der Waals surface area contributed by atoms with E-state index in [1.165, 1.54) is 18.5 Å². The summed E-state index contributed by atoms with van der Waals surface area (Å²) in [7, 11) is 0. The maximum absolute atomic E-state index is 12.9. The summed E-state index contributed by atoms with van der Waals surface area (Å²) in [5.41, 5.74) is 4.21. The summed E-state index contributed by atoms with van der Waals surface area (Å²) >= 11 is 0. The van der Waals surface area contributed by atoms with Gasteiger partial charge in [-0.15, -0.1) is 0 Å². The zero-order valence-electron chi connectivity index (χ0n) is 14.6. The number of carbonyl (C=O) groups is 1. The van der Waals surface area contributed by atoms with Gasteiger partial charge < -0.3 is 10.6 Å². The number of nitrogens with one attached hydrogen (secondary N) is 2. The Kier molecular flexibility index (Phi) is 5.22. The van der Waals surface area contributed by atoms with Crippen LogP contribution in [0.2, 0.25) is 0 Å². The Morgan fingerprint density at radius 3 is 2.58 bits per heavy atom. The van der Waals surface area contributed by atoms with Gasteiger partial charge in [0, 0.05) is 18.3 Å². The smallest absolute Gasteiger partial charge is 0.270 e. The highest BCUT2D eigenvalue weighted by Gasteiger charge is 2.09. The van der Waals surface area contributed by atoms with Gasteiger partial charge in [-0.3, -0.25) is 4.79 Å². The van der Waals surface area contributed by atoms with E-state index in [0.29, 0.717) is 12.4 Å². The zero-order valence-corrected chi connectivity index (χ0v) is 14.6. The molecule has 0 spiro atoms. The molecule has 0 fully saturated rings. The Balaban J connectivity index is 1.69. The number of anilines is 2. The molecule has 2 N–H and O–H groups in total. The second kappa shape index (κ2) is 7.74. The largest absolute Gasteiger partial charge is 0.347 e. The molecule has 0 saturated carbocycles. The van der Waals surface area contributed by atoms with Crippen molar-refractivity contribution in [1.29, 1.82) is 0 Å². The summed E-state index contributed by atoms with van der Waals surface area (Å²) in [5.74, 6) is -0.0839. The van der Waals surface area contributed by atoms with Gasteiger partial charge >= 0.3 is 0 Å². The van der Waals surface area contributed by atoms with Gasteiger partial charge in [0.1, 0.15) is 23.7 Å². The van der Waals surface area contributed by atoms with Gasteiger partial charge in [0.05, 0.1) is 0 Å². The first-order valence-corrected chi connectivity index (χ1v) is 8.20. The molecule has 0 atom stereocenters. The van der Waals surface area contributed by atoms with E-state index in [4.69, 9.17) is 0 Å². The van der Waals surface area contributed by atoms with Gasteiger partial charge in [0.2, 0.25) is 0 Å². The second-order valence-corrected chi connectivity index (χ2v) is 6.04. The molecule has 0 radical (unpaired) electrons. The number of nitrogens with zero attached hydrogens (tertiary/aromatic N) is 2. The highest BCUT2D eigenvalue weighted by atomic mass is 19.1. The first kappa shape index (κ1) is 17.5. The van der Waals surface area contributed by atoms with Crippen LogP contribution < -0.4 is 10.6 Å². The Morgan fingerprint density at radius 2 is 1.81 bits per heavy atom. The third kappa shape index (κ3) is 4.42. The van der Waals surface area contributed by atoms with Gasteiger partial charge in [0.15, 0.2) is 0 Å². The molecule has 1 aromatic heterocycles. The van der Waals surface area contributed by atoms with Crippen molar-refractivity contribution in [2.75, 3.05) is 5.32 Å². The Labute approximate surface area is 151 Å². The summed E-state index contributed by atoms with van der Waals surface area (Å²) in [6, 6.07) is 13.7. The van der Waals surface area contributed by atoms with Crippen LogP contribution >= 0.6 is 0 Å². The number of rotatable bonds is 5. The third-order valence-corrected chi connectivity index (χ3v) is 3.92. The molecule has 3 aromatic rings. The molecule has 0 unspecified atom stereocenters. The van der Waals surface area contributed by atoms with Crippen LogP contribution in [-0.2, 0) is 6.54 Å². The molecular formula is C20H19FN4O. The van der Waals surface area contributed by atoms with Crippen molar-refractivity contribution in [2.45, 2.75) is 20.4 Å². The molecule has 6 heteroatoms. The van der Waals surface area contributed by atoms with E-state index in [1.807, 2.05) is 32.0 Å². The van der Waals surface area contributed by atoms with E-state index in [1.54, 1.807) is 18.2 Å². The lowest BCUT2D eigenvalue weighted by Gasteiger charge is -2.10. The molecule has 0 aliphatic heterocycles. The summed E-state index contributed by atoms with van der Waals surface area (Å²) in [4.78, 5) is 20.5. The normalized spacial score (nSPS) is 10.4. The lowest BCUT2D eigenvalue weighted by Crippen LogP contribution is -2.24. The molecule has 0 aliphatic carbocycles. The van der Waals surface area contributed by atoms with Crippen LogP contribution in [0.3, 0.4) is 0 Å². The van der Waals surface area contributed by atoms with Gasteiger partial charge in [0.25, 0.3) is 5.91 Å². The van der Waals surface area contributed by atoms with Gasteiger partial charge in [-0.2, -0.15) is 0 Å². The van der Waals surface area contributed by atoms with Crippen molar-refractivity contribution in [3.05, 3.63) is 83.1 Å². The van der Waals surface area contributed by atoms with Crippen LogP contribution in [0.5, 0.6) is 0 Å². The molecule has 2 aromatic carbocycles. The standard InChI is InChI=1S/C20H19FN4O/c1-13-3-4-14(2)17(9-13)25-19-10-18(23-12-24-19)20(26)22-11-15-5-7-16(21)8-6-15/h3-10,12H,11H2,1-2H3,(H,22,26)(H,23,24,25). The summed E-state index contributed by atoms with van der Waals surface area (Å²) < 4.78 is 12.9. The summed E-state index contributed by atoms with van der Waals surface area (Å²) in [6.45, 7) is 4.31. The molecule has 3 rings (SSSR count). The van der Waals surface area contributed by atoms with Crippen LogP contribution in [0.4, 0.5) is 15.9 Å². The number of amides is 1. The Bertz CT molecular complexity index is 925. The highest BCUT2D eigenvalue weighted by Crippen LogP contribution is 2.20. The molecular weight excluding hydrogens is 331 g/mol. The number of hydrogen-bond donors (Lipinski definition) is 2. The van der Waals surface area contributed by atoms with Crippen LogP contribution in [0.25, 0.3) is 0 Å².